The smallest absolute Gasteiger partial charge is 0.252 e. The van der Waals surface area contributed by atoms with E-state index in [1.54, 1.807) is 32.2 Å². The van der Waals surface area contributed by atoms with Crippen molar-refractivity contribution >= 4 is 22.7 Å². The fraction of sp³-hybridized carbons (Fsp3) is 0.222. The number of hydrogen-bond acceptors (Lipinski definition) is 4. The van der Waals surface area contributed by atoms with Crippen LogP contribution in [0.2, 0.25) is 0 Å². The Hall–Kier alpha value is -2.71. The average molecular weight is 373 g/mol. The number of amides is 1. The van der Waals surface area contributed by atoms with E-state index in [0.29, 0.717) is 22.8 Å². The lowest BCUT2D eigenvalue weighted by molar-refractivity contribution is -0.119. The fourth-order valence-electron chi connectivity index (χ4n) is 2.87. The maximum absolute atomic E-state index is 13.2. The van der Waals surface area contributed by atoms with E-state index in [-0.39, 0.29) is 6.42 Å². The molecular formula is C18H19N3O4S. The molecule has 136 valence electrons. The zero-order valence-corrected chi connectivity index (χ0v) is 15.2. The van der Waals surface area contributed by atoms with E-state index >= 15 is 0 Å². The predicted molar refractivity (Wildman–Crippen MR) is 98.0 cm³/mol. The van der Waals surface area contributed by atoms with E-state index in [1.165, 1.54) is 0 Å². The first-order valence-electron chi connectivity index (χ1n) is 7.98. The van der Waals surface area contributed by atoms with Crippen LogP contribution >= 0.6 is 0 Å². The number of aromatic amines is 1. The molecule has 0 saturated heterocycles. The summed E-state index contributed by atoms with van der Waals surface area (Å²) in [7, 11) is 0. The summed E-state index contributed by atoms with van der Waals surface area (Å²) in [5, 5.41) is 6.53. The summed E-state index contributed by atoms with van der Waals surface area (Å²) in [5.74, 6) is -0.182. The summed E-state index contributed by atoms with van der Waals surface area (Å²) in [6.07, 6.45) is 1.66. The van der Waals surface area contributed by atoms with Crippen molar-refractivity contribution in [3.05, 3.63) is 71.4 Å². The highest BCUT2D eigenvalue weighted by Crippen LogP contribution is 2.33. The van der Waals surface area contributed by atoms with Crippen LogP contribution in [0, 0.1) is 13.8 Å². The van der Waals surface area contributed by atoms with Gasteiger partial charge in [0.25, 0.3) is 5.91 Å². The van der Waals surface area contributed by atoms with Crippen LogP contribution in [0.25, 0.3) is 0 Å². The first kappa shape index (κ1) is 18.1. The van der Waals surface area contributed by atoms with Crippen molar-refractivity contribution in [3.8, 4) is 0 Å². The second-order valence-electron chi connectivity index (χ2n) is 5.98. The molecule has 0 aliphatic heterocycles. The molecule has 8 heteroatoms. The molecule has 0 aliphatic rings. The van der Waals surface area contributed by atoms with Gasteiger partial charge in [-0.1, -0.05) is 35.5 Å². The fourth-order valence-corrected chi connectivity index (χ4v) is 3.69. The van der Waals surface area contributed by atoms with Crippen LogP contribution in [0.5, 0.6) is 0 Å². The molecule has 1 aromatic carbocycles. The highest BCUT2D eigenvalue weighted by molar-refractivity contribution is 7.81. The molecule has 26 heavy (non-hydrogen) atoms. The number of aryl methyl sites for hydroxylation is 2. The van der Waals surface area contributed by atoms with E-state index < -0.39 is 21.7 Å². The number of carbonyl (C=O) groups excluding carboxylic acids is 1. The van der Waals surface area contributed by atoms with Gasteiger partial charge in [0.1, 0.15) is 11.4 Å². The van der Waals surface area contributed by atoms with Gasteiger partial charge in [-0.25, -0.2) is 4.21 Å². The molecule has 2 heterocycles. The number of H-pyrrole nitrogens is 1. The summed E-state index contributed by atoms with van der Waals surface area (Å²) in [4.78, 5) is 16.1. The summed E-state index contributed by atoms with van der Waals surface area (Å²) in [6.45, 7) is 3.36. The van der Waals surface area contributed by atoms with Gasteiger partial charge in [0.15, 0.2) is 21.6 Å². The van der Waals surface area contributed by atoms with E-state index in [0.717, 1.165) is 5.56 Å². The quantitative estimate of drug-likeness (QED) is 0.576. The van der Waals surface area contributed by atoms with E-state index in [4.69, 9.17) is 4.52 Å². The molecule has 2 unspecified atom stereocenters. The number of nitrogens with one attached hydrogen (secondary N) is 2. The number of nitrogens with zero attached hydrogens (tertiary/aromatic N) is 1. The average Bonchev–Trinajstić information content (AvgIpc) is 3.26. The molecule has 7 nitrogen and oxygen atoms in total. The Morgan fingerprint density at radius 1 is 1.27 bits per heavy atom. The maximum atomic E-state index is 13.2. The summed E-state index contributed by atoms with van der Waals surface area (Å²) in [6, 6.07) is 12.4. The van der Waals surface area contributed by atoms with Crippen LogP contribution < -0.4 is 5.32 Å². The summed E-state index contributed by atoms with van der Waals surface area (Å²) < 4.78 is 26.0. The Morgan fingerprint density at radius 2 is 2.00 bits per heavy atom. The molecule has 3 aromatic rings. The van der Waals surface area contributed by atoms with E-state index in [2.05, 4.69) is 15.5 Å². The molecule has 0 spiro atoms. The Labute approximate surface area is 153 Å². The first-order valence-corrected chi connectivity index (χ1v) is 9.09. The second-order valence-corrected chi connectivity index (χ2v) is 7.17. The molecule has 2 aromatic heterocycles. The van der Waals surface area contributed by atoms with Crippen LogP contribution in [-0.4, -0.2) is 24.8 Å². The van der Waals surface area contributed by atoms with Gasteiger partial charge in [0, 0.05) is 18.3 Å². The molecule has 2 atom stereocenters. The van der Waals surface area contributed by atoms with Gasteiger partial charge in [0.2, 0.25) is 0 Å². The number of benzene rings is 1. The number of anilines is 1. The molecule has 0 bridgehead atoms. The zero-order chi connectivity index (χ0) is 18.7. The van der Waals surface area contributed by atoms with Gasteiger partial charge >= 0.3 is 0 Å². The van der Waals surface area contributed by atoms with Gasteiger partial charge < -0.3 is 19.4 Å². The standard InChI is InChI=1S/C18H19N3O4S/c1-12-16(13(2)25-21-12)20-17(22)18(26(23)24,15-9-6-10-19-15)11-14-7-4-3-5-8-14/h3-10,19H,11H2,1-2H3,(H,20,22)(H,23,24). The number of aromatic nitrogens is 2. The minimum absolute atomic E-state index is 0.0483. The van der Waals surface area contributed by atoms with Crippen LogP contribution in [0.4, 0.5) is 5.69 Å². The summed E-state index contributed by atoms with van der Waals surface area (Å²) >= 11 is -2.49. The van der Waals surface area contributed by atoms with Gasteiger partial charge in [-0.05, 0) is 31.5 Å². The Kier molecular flexibility index (Phi) is 5.06. The van der Waals surface area contributed by atoms with Crippen molar-refractivity contribution in [1.29, 1.82) is 0 Å². The van der Waals surface area contributed by atoms with Gasteiger partial charge in [-0.2, -0.15) is 0 Å². The van der Waals surface area contributed by atoms with Crippen molar-refractivity contribution < 1.29 is 18.1 Å². The lowest BCUT2D eigenvalue weighted by Crippen LogP contribution is -2.46. The third-order valence-corrected chi connectivity index (χ3v) is 5.41. The number of hydrogen-bond donors (Lipinski definition) is 3. The van der Waals surface area contributed by atoms with E-state index in [1.807, 2.05) is 30.3 Å². The molecular weight excluding hydrogens is 354 g/mol. The SMILES string of the molecule is Cc1noc(C)c1NC(=O)C(Cc1ccccc1)(c1ccc[nH]1)S(=O)O. The minimum Gasteiger partial charge on any atom is -0.363 e. The van der Waals surface area contributed by atoms with Gasteiger partial charge in [-0.15, -0.1) is 0 Å². The van der Waals surface area contributed by atoms with Crippen LogP contribution in [-0.2, 0) is 27.0 Å². The normalized spacial score (nSPS) is 14.6. The highest BCUT2D eigenvalue weighted by atomic mass is 32.2. The molecule has 3 N–H and O–H groups in total. The largest absolute Gasteiger partial charge is 0.363 e. The van der Waals surface area contributed by atoms with Crippen molar-refractivity contribution in [2.24, 2.45) is 0 Å². The van der Waals surface area contributed by atoms with E-state index in [9.17, 15) is 13.6 Å². The van der Waals surface area contributed by atoms with Gasteiger partial charge in [0.05, 0.1) is 0 Å². The lowest BCUT2D eigenvalue weighted by atomic mass is 9.94. The predicted octanol–water partition coefficient (Wildman–Crippen LogP) is 2.92. The van der Waals surface area contributed by atoms with Crippen LogP contribution in [0.15, 0.2) is 53.2 Å². The van der Waals surface area contributed by atoms with Gasteiger partial charge in [-0.3, -0.25) is 4.79 Å². The third-order valence-electron chi connectivity index (χ3n) is 4.27. The lowest BCUT2D eigenvalue weighted by Gasteiger charge is -2.28. The molecule has 0 saturated carbocycles. The molecule has 0 aliphatic carbocycles. The Bertz CT molecular complexity index is 902. The van der Waals surface area contributed by atoms with Crippen LogP contribution in [0.3, 0.4) is 0 Å². The molecule has 3 rings (SSSR count). The summed E-state index contributed by atoms with van der Waals surface area (Å²) in [5.41, 5.74) is 2.02. The van der Waals surface area contributed by atoms with Crippen molar-refractivity contribution in [2.75, 3.05) is 5.32 Å². The monoisotopic (exact) mass is 373 g/mol. The van der Waals surface area contributed by atoms with Crippen LogP contribution in [0.1, 0.15) is 22.7 Å². The molecule has 0 fully saturated rings. The number of carbonyl (C=O) groups is 1. The number of rotatable bonds is 6. The van der Waals surface area contributed by atoms with Crippen molar-refractivity contribution in [1.82, 2.24) is 10.1 Å². The Balaban J connectivity index is 2.07. The second kappa shape index (κ2) is 7.27. The maximum Gasteiger partial charge on any atom is 0.252 e. The Morgan fingerprint density at radius 3 is 2.54 bits per heavy atom. The third kappa shape index (κ3) is 3.21. The minimum atomic E-state index is -2.49. The molecule has 1 amide bonds. The highest BCUT2D eigenvalue weighted by Gasteiger charge is 2.48. The zero-order valence-electron chi connectivity index (χ0n) is 14.4. The van der Waals surface area contributed by atoms with Crippen molar-refractivity contribution in [2.45, 2.75) is 25.0 Å². The van der Waals surface area contributed by atoms with Crippen molar-refractivity contribution in [3.63, 3.8) is 0 Å². The first-order chi connectivity index (χ1) is 12.4. The molecule has 0 radical (unpaired) electrons. The topological polar surface area (TPSA) is 108 Å².